The minimum atomic E-state index is -6.10. The number of halogens is 2. The van der Waals surface area contributed by atoms with Gasteiger partial charge in [0.25, 0.3) is 0 Å². The Labute approximate surface area is 145 Å². The number of carbonyl (C=O) groups excluding carboxylic acids is 2. The smallest absolute Gasteiger partial charge is 0.428 e. The van der Waals surface area contributed by atoms with E-state index in [2.05, 4.69) is 4.74 Å². The van der Waals surface area contributed by atoms with Gasteiger partial charge < -0.3 is 9.29 Å². The van der Waals surface area contributed by atoms with Crippen molar-refractivity contribution in [3.8, 4) is 0 Å². The molecule has 9 heteroatoms. The van der Waals surface area contributed by atoms with Gasteiger partial charge in [0.2, 0.25) is 0 Å². The zero-order valence-corrected chi connectivity index (χ0v) is 14.7. The predicted octanol–water partition coefficient (Wildman–Crippen LogP) is 2.23. The summed E-state index contributed by atoms with van der Waals surface area (Å²) in [6.45, 7) is 1.22. The number of alkyl halides is 2. The van der Waals surface area contributed by atoms with Crippen molar-refractivity contribution in [1.29, 1.82) is 0 Å². The Kier molecular flexibility index (Phi) is 4.27. The van der Waals surface area contributed by atoms with Gasteiger partial charge in [0, 0.05) is 5.41 Å². The largest absolute Gasteiger partial charge is 0.743 e. The second-order valence-corrected chi connectivity index (χ2v) is 9.58. The molecule has 0 spiro atoms. The number of hydrogen-bond acceptors (Lipinski definition) is 6. The van der Waals surface area contributed by atoms with Gasteiger partial charge in [-0.25, -0.2) is 13.2 Å². The molecule has 4 saturated carbocycles. The molecule has 2 unspecified atom stereocenters. The molecular weight excluding hydrogens is 358 g/mol. The molecule has 4 rings (SSSR count). The standard InChI is InChI=1S/C16H22F2O6S/c1-10(19)15-7-11-4-12(8-15)6-14(5-11,9-15)2-3-24-13(20)16(17,18)25(21,22)23/h11-12H,2-9H2,1H3,(H,21,22,23)/p-1. The molecule has 2 atom stereocenters. The van der Waals surface area contributed by atoms with Gasteiger partial charge in [0.1, 0.15) is 5.78 Å². The number of ketones is 1. The van der Waals surface area contributed by atoms with Crippen molar-refractivity contribution in [2.24, 2.45) is 22.7 Å². The van der Waals surface area contributed by atoms with Gasteiger partial charge in [0.15, 0.2) is 10.1 Å². The third-order valence-electron chi connectivity index (χ3n) is 6.35. The zero-order chi connectivity index (χ0) is 18.7. The monoisotopic (exact) mass is 379 g/mol. The van der Waals surface area contributed by atoms with E-state index in [1.54, 1.807) is 6.92 Å². The molecular formula is C16H21F2O6S-. The third kappa shape index (κ3) is 3.09. The molecule has 4 fully saturated rings. The fraction of sp³-hybridized carbons (Fsp3) is 0.875. The van der Waals surface area contributed by atoms with Gasteiger partial charge >= 0.3 is 11.2 Å². The van der Waals surface area contributed by atoms with Crippen molar-refractivity contribution < 1.29 is 36.1 Å². The van der Waals surface area contributed by atoms with Crippen LogP contribution in [0.2, 0.25) is 0 Å². The fourth-order valence-electron chi connectivity index (χ4n) is 5.70. The molecule has 0 saturated heterocycles. The van der Waals surface area contributed by atoms with Crippen LogP contribution in [0.1, 0.15) is 51.9 Å². The van der Waals surface area contributed by atoms with Gasteiger partial charge in [-0.1, -0.05) is 0 Å². The van der Waals surface area contributed by atoms with Crippen molar-refractivity contribution in [3.05, 3.63) is 0 Å². The van der Waals surface area contributed by atoms with Crippen LogP contribution in [0.25, 0.3) is 0 Å². The Morgan fingerprint density at radius 2 is 1.76 bits per heavy atom. The van der Waals surface area contributed by atoms with E-state index >= 15 is 0 Å². The van der Waals surface area contributed by atoms with Crippen LogP contribution in [0.4, 0.5) is 8.78 Å². The van der Waals surface area contributed by atoms with E-state index in [1.807, 2.05) is 0 Å². The summed E-state index contributed by atoms with van der Waals surface area (Å²) in [4.78, 5) is 23.4. The van der Waals surface area contributed by atoms with E-state index < -0.39 is 21.3 Å². The van der Waals surface area contributed by atoms with E-state index in [0.717, 1.165) is 32.1 Å². The van der Waals surface area contributed by atoms with E-state index in [4.69, 9.17) is 0 Å². The number of esters is 1. The van der Waals surface area contributed by atoms with Gasteiger partial charge in [-0.05, 0) is 69.1 Å². The first-order valence-corrected chi connectivity index (χ1v) is 9.82. The summed E-state index contributed by atoms with van der Waals surface area (Å²) in [6.07, 6.45) is 5.51. The summed E-state index contributed by atoms with van der Waals surface area (Å²) in [5.41, 5.74) is -0.585. The Bertz CT molecular complexity index is 687. The number of ether oxygens (including phenoxy) is 1. The molecule has 4 aliphatic carbocycles. The molecule has 4 aliphatic rings. The van der Waals surface area contributed by atoms with Gasteiger partial charge in [-0.2, -0.15) is 8.78 Å². The SMILES string of the molecule is CC(=O)C12CC3CC(CC(CCOC(=O)C(F)(F)S(=O)(=O)[O-])(C3)C1)C2. The van der Waals surface area contributed by atoms with Crippen LogP contribution in [-0.4, -0.2) is 36.6 Å². The lowest BCUT2D eigenvalue weighted by atomic mass is 9.43. The van der Waals surface area contributed by atoms with Crippen molar-refractivity contribution in [3.63, 3.8) is 0 Å². The van der Waals surface area contributed by atoms with Crippen LogP contribution in [0.3, 0.4) is 0 Å². The van der Waals surface area contributed by atoms with Crippen molar-refractivity contribution in [2.75, 3.05) is 6.61 Å². The lowest BCUT2D eigenvalue weighted by molar-refractivity contribution is -0.168. The van der Waals surface area contributed by atoms with Gasteiger partial charge in [0.05, 0.1) is 6.61 Å². The maximum absolute atomic E-state index is 13.2. The Balaban J connectivity index is 1.66. The normalized spacial score (nSPS) is 37.1. The summed E-state index contributed by atoms with van der Waals surface area (Å²) in [7, 11) is -6.10. The lowest BCUT2D eigenvalue weighted by Crippen LogP contribution is -2.54. The average Bonchev–Trinajstić information content (AvgIpc) is 2.44. The Hall–Kier alpha value is -1.09. The number of hydrogen-bond donors (Lipinski definition) is 0. The third-order valence-corrected chi connectivity index (χ3v) is 7.14. The van der Waals surface area contributed by atoms with E-state index in [0.29, 0.717) is 24.7 Å². The lowest BCUT2D eigenvalue weighted by Gasteiger charge is -2.61. The molecule has 25 heavy (non-hydrogen) atoms. The Morgan fingerprint density at radius 3 is 2.24 bits per heavy atom. The molecule has 0 aromatic rings. The maximum Gasteiger partial charge on any atom is 0.428 e. The maximum atomic E-state index is 13.2. The first-order chi connectivity index (χ1) is 11.4. The quantitative estimate of drug-likeness (QED) is 0.518. The second-order valence-electron chi connectivity index (χ2n) is 8.15. The molecule has 4 bridgehead atoms. The molecule has 0 aliphatic heterocycles. The number of Topliss-reactive ketones (excluding diaryl/α,β-unsaturated/α-hetero) is 1. The molecule has 6 nitrogen and oxygen atoms in total. The minimum Gasteiger partial charge on any atom is -0.743 e. The van der Waals surface area contributed by atoms with Crippen LogP contribution in [0.15, 0.2) is 0 Å². The number of carbonyl (C=O) groups is 2. The average molecular weight is 379 g/mol. The summed E-state index contributed by atoms with van der Waals surface area (Å²) >= 11 is 0. The van der Waals surface area contributed by atoms with E-state index in [-0.39, 0.29) is 23.2 Å². The van der Waals surface area contributed by atoms with Crippen LogP contribution >= 0.6 is 0 Å². The zero-order valence-electron chi connectivity index (χ0n) is 13.9. The van der Waals surface area contributed by atoms with Crippen LogP contribution < -0.4 is 0 Å². The fourth-order valence-corrected chi connectivity index (χ4v) is 5.97. The summed E-state index contributed by atoms with van der Waals surface area (Å²) in [5.74, 6) is -1.32. The molecule has 0 heterocycles. The highest BCUT2D eigenvalue weighted by Crippen LogP contribution is 2.66. The highest BCUT2D eigenvalue weighted by Gasteiger charge is 2.59. The van der Waals surface area contributed by atoms with Crippen molar-refractivity contribution in [2.45, 2.75) is 57.1 Å². The van der Waals surface area contributed by atoms with Crippen molar-refractivity contribution in [1.82, 2.24) is 0 Å². The van der Waals surface area contributed by atoms with Gasteiger partial charge in [-0.15, -0.1) is 0 Å². The second kappa shape index (κ2) is 5.70. The first-order valence-electron chi connectivity index (χ1n) is 8.41. The summed E-state index contributed by atoms with van der Waals surface area (Å²) in [5, 5.41) is -5.07. The molecule has 0 aromatic carbocycles. The highest BCUT2D eigenvalue weighted by molar-refractivity contribution is 7.87. The van der Waals surface area contributed by atoms with E-state index in [9.17, 15) is 31.3 Å². The molecule has 142 valence electrons. The van der Waals surface area contributed by atoms with Crippen molar-refractivity contribution >= 4 is 21.9 Å². The molecule has 0 radical (unpaired) electrons. The first kappa shape index (κ1) is 18.7. The Morgan fingerprint density at radius 1 is 1.20 bits per heavy atom. The molecule has 0 N–H and O–H groups in total. The molecule has 0 amide bonds. The van der Waals surface area contributed by atoms with E-state index in [1.165, 1.54) is 0 Å². The summed E-state index contributed by atoms with van der Waals surface area (Å²) in [6, 6.07) is 0. The predicted molar refractivity (Wildman–Crippen MR) is 80.4 cm³/mol. The minimum absolute atomic E-state index is 0.159. The van der Waals surface area contributed by atoms with Crippen LogP contribution in [0, 0.1) is 22.7 Å². The van der Waals surface area contributed by atoms with Crippen LogP contribution in [0.5, 0.6) is 0 Å². The van der Waals surface area contributed by atoms with Crippen LogP contribution in [-0.2, 0) is 24.4 Å². The molecule has 0 aromatic heterocycles. The topological polar surface area (TPSA) is 101 Å². The van der Waals surface area contributed by atoms with Gasteiger partial charge in [-0.3, -0.25) is 4.79 Å². The highest BCUT2D eigenvalue weighted by atomic mass is 32.2. The summed E-state index contributed by atoms with van der Waals surface area (Å²) < 4.78 is 62.1. The number of rotatable bonds is 6.